The van der Waals surface area contributed by atoms with Crippen molar-refractivity contribution in [2.45, 2.75) is 26.4 Å². The van der Waals surface area contributed by atoms with Crippen molar-refractivity contribution in [1.82, 2.24) is 0 Å². The molecule has 4 heteroatoms. The molecule has 0 saturated carbocycles. The molecule has 1 aromatic carbocycles. The molecule has 0 radical (unpaired) electrons. The van der Waals surface area contributed by atoms with Gasteiger partial charge >= 0.3 is 0 Å². The molecule has 0 bridgehead atoms. The van der Waals surface area contributed by atoms with Gasteiger partial charge in [-0.1, -0.05) is 15.9 Å². The van der Waals surface area contributed by atoms with Crippen LogP contribution in [-0.4, -0.2) is 19.3 Å². The van der Waals surface area contributed by atoms with Crippen LogP contribution in [0.3, 0.4) is 0 Å². The Hall–Kier alpha value is -0.740. The van der Waals surface area contributed by atoms with Gasteiger partial charge < -0.3 is 14.6 Å². The van der Waals surface area contributed by atoms with Gasteiger partial charge in [0.2, 0.25) is 0 Å². The van der Waals surface area contributed by atoms with Gasteiger partial charge in [-0.2, -0.15) is 0 Å². The molecular formula is C12H17BrO3. The monoisotopic (exact) mass is 288 g/mol. The van der Waals surface area contributed by atoms with Crippen LogP contribution in [0, 0.1) is 6.92 Å². The van der Waals surface area contributed by atoms with E-state index < -0.39 is 5.60 Å². The number of benzene rings is 1. The van der Waals surface area contributed by atoms with Crippen LogP contribution >= 0.6 is 15.9 Å². The van der Waals surface area contributed by atoms with Crippen LogP contribution in [-0.2, 0) is 5.60 Å². The predicted molar refractivity (Wildman–Crippen MR) is 67.2 cm³/mol. The second-order valence-electron chi connectivity index (χ2n) is 4.15. The normalized spacial score (nSPS) is 11.4. The van der Waals surface area contributed by atoms with Gasteiger partial charge in [0.05, 0.1) is 19.8 Å². The molecule has 1 N–H and O–H groups in total. The Morgan fingerprint density at radius 2 is 1.81 bits per heavy atom. The molecule has 0 spiro atoms. The topological polar surface area (TPSA) is 38.7 Å². The zero-order valence-corrected chi connectivity index (χ0v) is 11.8. The standard InChI is InChI=1S/C12H17BrO3/c1-7-10(12(2,3)14)8(13)6-9(15-4)11(7)16-5/h6,14H,1-5H3. The zero-order valence-electron chi connectivity index (χ0n) is 10.2. The summed E-state index contributed by atoms with van der Waals surface area (Å²) in [6, 6.07) is 1.80. The van der Waals surface area contributed by atoms with Crippen molar-refractivity contribution in [3.63, 3.8) is 0 Å². The summed E-state index contributed by atoms with van der Waals surface area (Å²) >= 11 is 3.44. The second kappa shape index (κ2) is 4.63. The van der Waals surface area contributed by atoms with E-state index in [9.17, 15) is 5.11 Å². The fourth-order valence-electron chi connectivity index (χ4n) is 1.89. The zero-order chi connectivity index (χ0) is 12.5. The summed E-state index contributed by atoms with van der Waals surface area (Å²) in [5.41, 5.74) is 0.758. The first kappa shape index (κ1) is 13.3. The third-order valence-electron chi connectivity index (χ3n) is 2.47. The minimum absolute atomic E-state index is 0.653. The van der Waals surface area contributed by atoms with Crippen LogP contribution in [0.4, 0.5) is 0 Å². The van der Waals surface area contributed by atoms with E-state index in [0.717, 1.165) is 15.6 Å². The minimum atomic E-state index is -0.928. The lowest BCUT2D eigenvalue weighted by atomic mass is 9.93. The smallest absolute Gasteiger partial charge is 0.164 e. The van der Waals surface area contributed by atoms with Gasteiger partial charge in [-0.3, -0.25) is 0 Å². The molecule has 0 aliphatic carbocycles. The molecule has 0 atom stereocenters. The van der Waals surface area contributed by atoms with Crippen LogP contribution in [0.1, 0.15) is 25.0 Å². The van der Waals surface area contributed by atoms with Crippen molar-refractivity contribution in [1.29, 1.82) is 0 Å². The van der Waals surface area contributed by atoms with Gasteiger partial charge in [0, 0.05) is 15.6 Å². The van der Waals surface area contributed by atoms with E-state index in [0.29, 0.717) is 11.5 Å². The average molecular weight is 289 g/mol. The van der Waals surface area contributed by atoms with E-state index in [1.54, 1.807) is 34.1 Å². The molecule has 90 valence electrons. The van der Waals surface area contributed by atoms with Crippen LogP contribution in [0.15, 0.2) is 10.5 Å². The molecule has 0 aromatic heterocycles. The Labute approximate surface area is 105 Å². The number of ether oxygens (including phenoxy) is 2. The Morgan fingerprint density at radius 3 is 2.19 bits per heavy atom. The number of halogens is 1. The van der Waals surface area contributed by atoms with E-state index in [1.807, 2.05) is 6.92 Å². The van der Waals surface area contributed by atoms with Crippen LogP contribution < -0.4 is 9.47 Å². The third kappa shape index (κ3) is 2.33. The molecule has 3 nitrogen and oxygen atoms in total. The van der Waals surface area contributed by atoms with Crippen molar-refractivity contribution in [3.05, 3.63) is 21.7 Å². The van der Waals surface area contributed by atoms with Crippen molar-refractivity contribution in [3.8, 4) is 11.5 Å². The maximum atomic E-state index is 10.1. The molecule has 1 rings (SSSR count). The summed E-state index contributed by atoms with van der Waals surface area (Å²) in [5.74, 6) is 1.31. The highest BCUT2D eigenvalue weighted by Crippen LogP contribution is 2.41. The van der Waals surface area contributed by atoms with Gasteiger partial charge in [-0.15, -0.1) is 0 Å². The maximum absolute atomic E-state index is 10.1. The lowest BCUT2D eigenvalue weighted by molar-refractivity contribution is 0.0767. The van der Waals surface area contributed by atoms with Crippen molar-refractivity contribution in [2.24, 2.45) is 0 Å². The van der Waals surface area contributed by atoms with E-state index >= 15 is 0 Å². The number of methoxy groups -OCH3 is 2. The maximum Gasteiger partial charge on any atom is 0.164 e. The van der Waals surface area contributed by atoms with Crippen molar-refractivity contribution >= 4 is 15.9 Å². The molecule has 0 amide bonds. The molecule has 0 fully saturated rings. The number of hydrogen-bond donors (Lipinski definition) is 1. The number of hydrogen-bond acceptors (Lipinski definition) is 3. The summed E-state index contributed by atoms with van der Waals surface area (Å²) in [5, 5.41) is 10.1. The third-order valence-corrected chi connectivity index (χ3v) is 3.10. The summed E-state index contributed by atoms with van der Waals surface area (Å²) < 4.78 is 11.3. The number of aliphatic hydroxyl groups is 1. The van der Waals surface area contributed by atoms with Crippen LogP contribution in [0.25, 0.3) is 0 Å². The molecular weight excluding hydrogens is 272 g/mol. The Morgan fingerprint density at radius 1 is 1.25 bits per heavy atom. The van der Waals surface area contributed by atoms with Gasteiger partial charge in [-0.05, 0) is 26.8 Å². The Kier molecular flexibility index (Phi) is 3.86. The molecule has 0 aliphatic rings. The first-order valence-corrected chi connectivity index (χ1v) is 5.76. The van der Waals surface area contributed by atoms with E-state index in [-0.39, 0.29) is 0 Å². The molecule has 0 saturated heterocycles. The average Bonchev–Trinajstić information content (AvgIpc) is 2.14. The quantitative estimate of drug-likeness (QED) is 0.929. The van der Waals surface area contributed by atoms with Crippen molar-refractivity contribution in [2.75, 3.05) is 14.2 Å². The van der Waals surface area contributed by atoms with Gasteiger partial charge in [0.25, 0.3) is 0 Å². The highest BCUT2D eigenvalue weighted by molar-refractivity contribution is 9.10. The van der Waals surface area contributed by atoms with E-state index in [2.05, 4.69) is 15.9 Å². The summed E-state index contributed by atoms with van der Waals surface area (Å²) in [4.78, 5) is 0. The SMILES string of the molecule is COc1cc(Br)c(C(C)(C)O)c(C)c1OC. The van der Waals surface area contributed by atoms with Crippen LogP contribution in [0.5, 0.6) is 11.5 Å². The molecule has 0 unspecified atom stereocenters. The summed E-state index contributed by atoms with van der Waals surface area (Å²) in [7, 11) is 3.18. The molecule has 0 aliphatic heterocycles. The van der Waals surface area contributed by atoms with Gasteiger partial charge in [0.1, 0.15) is 0 Å². The van der Waals surface area contributed by atoms with Crippen molar-refractivity contribution < 1.29 is 14.6 Å². The Balaban J connectivity index is 3.54. The number of rotatable bonds is 3. The predicted octanol–water partition coefficient (Wildman–Crippen LogP) is 3.00. The molecule has 16 heavy (non-hydrogen) atoms. The second-order valence-corrected chi connectivity index (χ2v) is 5.01. The highest BCUT2D eigenvalue weighted by Gasteiger charge is 2.25. The minimum Gasteiger partial charge on any atom is -0.493 e. The van der Waals surface area contributed by atoms with Crippen LogP contribution in [0.2, 0.25) is 0 Å². The lowest BCUT2D eigenvalue weighted by Crippen LogP contribution is -2.18. The largest absolute Gasteiger partial charge is 0.493 e. The highest BCUT2D eigenvalue weighted by atomic mass is 79.9. The molecule has 1 aromatic rings. The van der Waals surface area contributed by atoms with Gasteiger partial charge in [0.15, 0.2) is 11.5 Å². The molecule has 0 heterocycles. The lowest BCUT2D eigenvalue weighted by Gasteiger charge is -2.24. The van der Waals surface area contributed by atoms with Gasteiger partial charge in [-0.25, -0.2) is 0 Å². The summed E-state index contributed by atoms with van der Waals surface area (Å²) in [6.45, 7) is 5.39. The fraction of sp³-hybridized carbons (Fsp3) is 0.500. The first-order chi connectivity index (χ1) is 7.32. The van der Waals surface area contributed by atoms with E-state index in [4.69, 9.17) is 9.47 Å². The van der Waals surface area contributed by atoms with E-state index in [1.165, 1.54) is 0 Å². The fourth-order valence-corrected chi connectivity index (χ4v) is 2.88. The Bertz CT molecular complexity index is 394. The first-order valence-electron chi connectivity index (χ1n) is 4.96. The summed E-state index contributed by atoms with van der Waals surface area (Å²) in [6.07, 6.45) is 0.